The highest BCUT2D eigenvalue weighted by atomic mass is 19.2. The maximum absolute atomic E-state index is 14.6. The van der Waals surface area contributed by atoms with Gasteiger partial charge in [0.25, 0.3) is 11.9 Å². The zero-order valence-corrected chi connectivity index (χ0v) is 23.8. The Bertz CT molecular complexity index is 1400. The van der Waals surface area contributed by atoms with Crippen LogP contribution in [0.2, 0.25) is 0 Å². The highest BCUT2D eigenvalue weighted by molar-refractivity contribution is 6.00. The number of aromatic hydroxyl groups is 1. The zero-order valence-electron chi connectivity index (χ0n) is 23.8. The lowest BCUT2D eigenvalue weighted by Crippen LogP contribution is -2.64. The third-order valence-corrected chi connectivity index (χ3v) is 7.55. The number of pyridine rings is 1. The topological polar surface area (TPSA) is 170 Å². The van der Waals surface area contributed by atoms with Gasteiger partial charge in [0.05, 0.1) is 29.7 Å². The summed E-state index contributed by atoms with van der Waals surface area (Å²) in [5.74, 6) is -13.6. The number of aliphatic hydroxyl groups is 1. The molecular formula is C28H33F4N5O6. The molecular weight excluding hydrogens is 578 g/mol. The number of para-hydroxylation sites is 1. The number of aromatic nitrogens is 1. The van der Waals surface area contributed by atoms with Crippen LogP contribution < -0.4 is 21.3 Å². The molecule has 7 atom stereocenters. The minimum absolute atomic E-state index is 0.216. The van der Waals surface area contributed by atoms with Crippen molar-refractivity contribution in [3.63, 3.8) is 0 Å². The summed E-state index contributed by atoms with van der Waals surface area (Å²) in [4.78, 5) is 55.7. The van der Waals surface area contributed by atoms with Crippen molar-refractivity contribution in [1.29, 1.82) is 0 Å². The molecule has 4 amide bonds. The van der Waals surface area contributed by atoms with Gasteiger partial charge in [0, 0.05) is 12.0 Å². The number of aliphatic hydroxyl groups excluding tert-OH is 1. The molecule has 7 unspecified atom stereocenters. The summed E-state index contributed by atoms with van der Waals surface area (Å²) in [6, 6.07) is -0.232. The van der Waals surface area contributed by atoms with Crippen molar-refractivity contribution in [2.45, 2.75) is 70.8 Å². The third-order valence-electron chi connectivity index (χ3n) is 7.55. The predicted octanol–water partition coefficient (Wildman–Crippen LogP) is 1.22. The second kappa shape index (κ2) is 13.8. The van der Waals surface area contributed by atoms with E-state index in [-0.39, 0.29) is 5.56 Å². The van der Waals surface area contributed by atoms with E-state index in [4.69, 9.17) is 0 Å². The zero-order chi connectivity index (χ0) is 32.2. The molecule has 6 N–H and O–H groups in total. The van der Waals surface area contributed by atoms with Gasteiger partial charge in [-0.15, -0.1) is 0 Å². The van der Waals surface area contributed by atoms with Gasteiger partial charge in [0.15, 0.2) is 5.82 Å². The summed E-state index contributed by atoms with van der Waals surface area (Å²) in [5.41, 5.74) is -1.33. The number of hydrogen-bond donors (Lipinski definition) is 6. The van der Waals surface area contributed by atoms with Crippen LogP contribution in [0.1, 0.15) is 50.0 Å². The van der Waals surface area contributed by atoms with Crippen molar-refractivity contribution in [3.8, 4) is 5.75 Å². The number of nitrogens with one attached hydrogen (secondary N) is 4. The van der Waals surface area contributed by atoms with Crippen LogP contribution in [0.3, 0.4) is 0 Å². The number of nitrogens with zero attached hydrogens (tertiary/aromatic N) is 1. The Hall–Kier alpha value is -4.27. The molecule has 1 aromatic carbocycles. The Balaban J connectivity index is 2.08. The first-order valence-corrected chi connectivity index (χ1v) is 13.5. The molecule has 0 bridgehead atoms. The number of carbonyl (C=O) groups excluding carboxylic acids is 4. The van der Waals surface area contributed by atoms with Crippen LogP contribution in [0.25, 0.3) is 0 Å². The van der Waals surface area contributed by atoms with Crippen LogP contribution in [0.15, 0.2) is 24.3 Å². The Morgan fingerprint density at radius 3 is 2.26 bits per heavy atom. The number of phenolic OH excluding ortho intramolecular Hbond substituents is 1. The minimum atomic E-state index is -2.09. The molecule has 2 heterocycles. The van der Waals surface area contributed by atoms with E-state index in [2.05, 4.69) is 26.3 Å². The normalized spacial score (nSPS) is 25.8. The third kappa shape index (κ3) is 7.39. The molecule has 1 aliphatic rings. The van der Waals surface area contributed by atoms with Crippen LogP contribution >= 0.6 is 0 Å². The molecule has 0 spiro atoms. The second-order valence-electron chi connectivity index (χ2n) is 10.5. The van der Waals surface area contributed by atoms with Gasteiger partial charge in [0.2, 0.25) is 29.5 Å². The summed E-state index contributed by atoms with van der Waals surface area (Å²) in [7, 11) is 0. The Morgan fingerprint density at radius 2 is 1.63 bits per heavy atom. The first kappa shape index (κ1) is 33.2. The summed E-state index contributed by atoms with van der Waals surface area (Å²) in [6.07, 6.45) is -2.44. The lowest BCUT2D eigenvalue weighted by molar-refractivity contribution is -0.137. The fourth-order valence-electron chi connectivity index (χ4n) is 4.63. The van der Waals surface area contributed by atoms with E-state index >= 15 is 0 Å². The fourth-order valence-corrected chi connectivity index (χ4v) is 4.63. The molecule has 0 aliphatic carbocycles. The standard InChI is InChI=1S/C28H33F4N5O6/c1-5-11(2)20-27(42)33-13(4)21(36-26(41)14-8-6-7-9-17(14)38)28(43)34-16(22(39)12(3)25(40)35-20)10-15-18(29)19(30)24(32)37-23(15)31/h6-9,11-13,16,20-22,38-39H,5,10H2,1-4H3,(H,33,42)(H,34,43)(H,35,40)(H,36,41). The van der Waals surface area contributed by atoms with Gasteiger partial charge < -0.3 is 31.5 Å². The summed E-state index contributed by atoms with van der Waals surface area (Å²) >= 11 is 0. The quantitative estimate of drug-likeness (QED) is 0.211. The van der Waals surface area contributed by atoms with Crippen molar-refractivity contribution in [3.05, 3.63) is 58.9 Å². The summed E-state index contributed by atoms with van der Waals surface area (Å²) in [6.45, 7) is 6.03. The number of carbonyl (C=O) groups is 4. The summed E-state index contributed by atoms with van der Waals surface area (Å²) < 4.78 is 56.5. The van der Waals surface area contributed by atoms with E-state index in [1.54, 1.807) is 13.8 Å². The van der Waals surface area contributed by atoms with E-state index in [9.17, 15) is 47.0 Å². The molecule has 15 heteroatoms. The first-order valence-electron chi connectivity index (χ1n) is 13.5. The van der Waals surface area contributed by atoms with Gasteiger partial charge in [-0.25, -0.2) is 4.39 Å². The summed E-state index contributed by atoms with van der Waals surface area (Å²) in [5, 5.41) is 31.1. The van der Waals surface area contributed by atoms with Crippen molar-refractivity contribution in [2.75, 3.05) is 0 Å². The average molecular weight is 612 g/mol. The van der Waals surface area contributed by atoms with E-state index in [1.165, 1.54) is 38.1 Å². The minimum Gasteiger partial charge on any atom is -0.507 e. The Labute approximate surface area is 244 Å². The van der Waals surface area contributed by atoms with Crippen molar-refractivity contribution < 1.29 is 47.0 Å². The van der Waals surface area contributed by atoms with Crippen molar-refractivity contribution in [2.24, 2.45) is 11.8 Å². The van der Waals surface area contributed by atoms with Gasteiger partial charge in [-0.05, 0) is 25.0 Å². The van der Waals surface area contributed by atoms with E-state index in [0.29, 0.717) is 6.42 Å². The van der Waals surface area contributed by atoms with Gasteiger partial charge in [0.1, 0.15) is 17.8 Å². The maximum Gasteiger partial charge on any atom is 0.255 e. The Kier molecular flexibility index (Phi) is 10.7. The van der Waals surface area contributed by atoms with Crippen LogP contribution in [0, 0.1) is 35.4 Å². The molecule has 43 heavy (non-hydrogen) atoms. The van der Waals surface area contributed by atoms with Crippen molar-refractivity contribution in [1.82, 2.24) is 26.3 Å². The highest BCUT2D eigenvalue weighted by Crippen LogP contribution is 2.22. The molecule has 0 saturated carbocycles. The Morgan fingerprint density at radius 1 is 0.977 bits per heavy atom. The smallest absolute Gasteiger partial charge is 0.255 e. The van der Waals surface area contributed by atoms with Gasteiger partial charge >= 0.3 is 0 Å². The van der Waals surface area contributed by atoms with Crippen LogP contribution in [-0.4, -0.2) is 69.1 Å². The molecule has 1 fully saturated rings. The molecule has 234 valence electrons. The number of halogens is 4. The van der Waals surface area contributed by atoms with Gasteiger partial charge in [-0.2, -0.15) is 18.2 Å². The van der Waals surface area contributed by atoms with Gasteiger partial charge in [-0.1, -0.05) is 39.3 Å². The molecule has 1 saturated heterocycles. The van der Waals surface area contributed by atoms with Gasteiger partial charge in [-0.3, -0.25) is 19.2 Å². The molecule has 2 aromatic rings. The van der Waals surface area contributed by atoms with E-state index in [0.717, 1.165) is 0 Å². The number of phenols is 1. The van der Waals surface area contributed by atoms with Crippen molar-refractivity contribution >= 4 is 23.6 Å². The predicted molar refractivity (Wildman–Crippen MR) is 143 cm³/mol. The SMILES string of the molecule is CCC(C)C1NC(=O)C(C)C(O)C(Cc2c(F)nc(F)c(F)c2F)NC(=O)C(NC(=O)c2ccccc2O)C(C)NC1=O. The lowest BCUT2D eigenvalue weighted by Gasteiger charge is -2.35. The molecule has 1 aliphatic heterocycles. The van der Waals surface area contributed by atoms with Crippen LogP contribution in [0.4, 0.5) is 17.6 Å². The molecule has 1 aromatic heterocycles. The lowest BCUT2D eigenvalue weighted by atomic mass is 9.90. The van der Waals surface area contributed by atoms with E-state index < -0.39 is 107 Å². The van der Waals surface area contributed by atoms with Crippen LogP contribution in [0.5, 0.6) is 5.75 Å². The first-order chi connectivity index (χ1) is 20.2. The maximum atomic E-state index is 14.6. The largest absolute Gasteiger partial charge is 0.507 e. The molecule has 0 radical (unpaired) electrons. The molecule has 11 nitrogen and oxygen atoms in total. The molecule has 3 rings (SSSR count). The number of hydrogen-bond acceptors (Lipinski definition) is 7. The van der Waals surface area contributed by atoms with E-state index in [1.807, 2.05) is 0 Å². The fraction of sp³-hybridized carbons (Fsp3) is 0.464. The average Bonchev–Trinajstić information content (AvgIpc) is 2.97. The highest BCUT2D eigenvalue weighted by Gasteiger charge is 2.40. The van der Waals surface area contributed by atoms with Crippen LogP contribution in [-0.2, 0) is 20.8 Å². The number of amides is 4. The number of benzene rings is 1. The monoisotopic (exact) mass is 611 g/mol. The second-order valence-corrected chi connectivity index (χ2v) is 10.5. The number of rotatable bonds is 6.